The molecule has 0 N–H and O–H groups in total. The molecule has 0 aliphatic rings. The molecule has 9 heteroatoms. The lowest BCUT2D eigenvalue weighted by Crippen LogP contribution is -2.51. The monoisotopic (exact) mass is 211 g/mol. The molecule has 0 unspecified atom stereocenters. The van der Waals surface area contributed by atoms with Crippen LogP contribution in [0.25, 0.3) is 0 Å². The summed E-state index contributed by atoms with van der Waals surface area (Å²) in [5.74, 6) is -5.87. The first kappa shape index (κ1) is 11.9. The number of nitrogens with zero attached hydrogens (tertiary/aromatic N) is 1. The molecule has 0 amide bonds. The highest BCUT2D eigenvalue weighted by Crippen LogP contribution is 2.46. The summed E-state index contributed by atoms with van der Waals surface area (Å²) in [7, 11) is 0. The van der Waals surface area contributed by atoms with Gasteiger partial charge in [-0.3, -0.25) is 0 Å². The Labute approximate surface area is 66.0 Å². The molecule has 0 saturated heterocycles. The molecule has 0 aromatic heterocycles. The SMILES string of the molecule is O=C=NC(F)(C(F)(F)F)C(F)(F)F. The maximum Gasteiger partial charge on any atom is 0.454 e. The minimum absolute atomic E-state index is 0.119. The van der Waals surface area contributed by atoms with E-state index in [1.165, 1.54) is 0 Å². The lowest BCUT2D eigenvalue weighted by Gasteiger charge is -2.24. The van der Waals surface area contributed by atoms with Crippen LogP contribution in [0.4, 0.5) is 30.7 Å². The molecule has 0 aromatic rings. The quantitative estimate of drug-likeness (QED) is 0.282. The van der Waals surface area contributed by atoms with Crippen LogP contribution in [0.1, 0.15) is 0 Å². The average molecular weight is 211 g/mol. The average Bonchev–Trinajstić information content (AvgIpc) is 1.82. The number of carbonyl (C=O) groups excluding carboxylic acids is 1. The lowest BCUT2D eigenvalue weighted by atomic mass is 10.2. The Morgan fingerprint density at radius 2 is 1.15 bits per heavy atom. The number of isocyanates is 1. The van der Waals surface area contributed by atoms with Gasteiger partial charge >= 0.3 is 18.1 Å². The first-order valence-electron chi connectivity index (χ1n) is 2.47. The lowest BCUT2D eigenvalue weighted by molar-refractivity contribution is -0.338. The van der Waals surface area contributed by atoms with E-state index in [1.807, 2.05) is 0 Å². The summed E-state index contributed by atoms with van der Waals surface area (Å²) in [4.78, 5) is 10.3. The topological polar surface area (TPSA) is 29.4 Å². The van der Waals surface area contributed by atoms with Gasteiger partial charge in [0.1, 0.15) is 0 Å². The predicted octanol–water partition coefficient (Wildman–Crippen LogP) is 2.11. The van der Waals surface area contributed by atoms with Crippen LogP contribution in [0.5, 0.6) is 0 Å². The Morgan fingerprint density at radius 3 is 1.23 bits per heavy atom. The summed E-state index contributed by atoms with van der Waals surface area (Å²) in [6, 6.07) is 0. The Kier molecular flexibility index (Phi) is 2.73. The maximum absolute atomic E-state index is 12.1. The van der Waals surface area contributed by atoms with E-state index in [1.54, 1.807) is 0 Å². The van der Waals surface area contributed by atoms with E-state index in [2.05, 4.69) is 0 Å². The third-order valence-electron chi connectivity index (χ3n) is 0.951. The van der Waals surface area contributed by atoms with Crippen LogP contribution in [0, 0.1) is 0 Å². The summed E-state index contributed by atoms with van der Waals surface area (Å²) in [6.07, 6.45) is -12.8. The highest BCUT2D eigenvalue weighted by atomic mass is 19.4. The molecule has 2 nitrogen and oxygen atoms in total. The van der Waals surface area contributed by atoms with E-state index in [0.29, 0.717) is 0 Å². The number of halogens is 7. The van der Waals surface area contributed by atoms with Gasteiger partial charge in [-0.1, -0.05) is 0 Å². The highest BCUT2D eigenvalue weighted by Gasteiger charge is 2.74. The molecule has 0 aromatic carbocycles. The van der Waals surface area contributed by atoms with Gasteiger partial charge in [-0.05, 0) is 0 Å². The zero-order chi connectivity index (χ0) is 10.9. The van der Waals surface area contributed by atoms with Crippen LogP contribution in [0.15, 0.2) is 4.99 Å². The second kappa shape index (κ2) is 2.99. The van der Waals surface area contributed by atoms with E-state index in [4.69, 9.17) is 0 Å². The van der Waals surface area contributed by atoms with Crippen LogP contribution < -0.4 is 0 Å². The molecule has 0 aliphatic carbocycles. The van der Waals surface area contributed by atoms with Gasteiger partial charge in [-0.25, -0.2) is 4.79 Å². The fraction of sp³-hybridized carbons (Fsp3) is 0.750. The Hall–Kier alpha value is -1.11. The molecular weight excluding hydrogens is 211 g/mol. The molecule has 0 heterocycles. The van der Waals surface area contributed by atoms with Crippen LogP contribution in [-0.2, 0) is 4.79 Å². The van der Waals surface area contributed by atoms with Crippen molar-refractivity contribution in [3.8, 4) is 0 Å². The molecule has 13 heavy (non-hydrogen) atoms. The van der Waals surface area contributed by atoms with Crippen molar-refractivity contribution in [3.05, 3.63) is 0 Å². The van der Waals surface area contributed by atoms with Gasteiger partial charge in [-0.15, -0.1) is 4.99 Å². The fourth-order valence-electron chi connectivity index (χ4n) is 0.350. The first-order valence-corrected chi connectivity index (χ1v) is 2.47. The van der Waals surface area contributed by atoms with Crippen LogP contribution in [0.2, 0.25) is 0 Å². The van der Waals surface area contributed by atoms with Gasteiger partial charge in [0.05, 0.1) is 0 Å². The number of hydrogen-bond acceptors (Lipinski definition) is 2. The van der Waals surface area contributed by atoms with Gasteiger partial charge < -0.3 is 0 Å². The van der Waals surface area contributed by atoms with E-state index < -0.39 is 18.1 Å². The van der Waals surface area contributed by atoms with Crippen molar-refractivity contribution in [2.45, 2.75) is 18.1 Å². The normalized spacial score (nSPS) is 13.8. The van der Waals surface area contributed by atoms with Gasteiger partial charge in [0, 0.05) is 0 Å². The summed E-state index contributed by atoms with van der Waals surface area (Å²) >= 11 is 0. The Balaban J connectivity index is 5.33. The molecule has 0 bridgehead atoms. The fourth-order valence-corrected chi connectivity index (χ4v) is 0.350. The number of alkyl halides is 7. The summed E-state index contributed by atoms with van der Waals surface area (Å²) in [6.45, 7) is 0. The molecule has 0 radical (unpaired) electrons. The van der Waals surface area contributed by atoms with Gasteiger partial charge in [0.15, 0.2) is 0 Å². The van der Waals surface area contributed by atoms with Crippen molar-refractivity contribution in [3.63, 3.8) is 0 Å². The summed E-state index contributed by atoms with van der Waals surface area (Å²) < 4.78 is 80.6. The molecular formula is C4F7NO. The molecule has 0 rings (SSSR count). The molecule has 0 spiro atoms. The third kappa shape index (κ3) is 1.97. The molecule has 76 valence electrons. The highest BCUT2D eigenvalue weighted by molar-refractivity contribution is 5.35. The first-order chi connectivity index (χ1) is 5.56. The van der Waals surface area contributed by atoms with Crippen molar-refractivity contribution in [2.75, 3.05) is 0 Å². The second-order valence-corrected chi connectivity index (χ2v) is 1.82. The molecule has 0 fully saturated rings. The molecule has 0 atom stereocenters. The summed E-state index contributed by atoms with van der Waals surface area (Å²) in [5.41, 5.74) is 0. The van der Waals surface area contributed by atoms with Crippen molar-refractivity contribution >= 4 is 6.08 Å². The van der Waals surface area contributed by atoms with E-state index >= 15 is 0 Å². The van der Waals surface area contributed by atoms with Crippen LogP contribution in [0.3, 0.4) is 0 Å². The standard InChI is InChI=1S/C4F7NO/c5-2(12-1-13,3(6,7)8)4(9,10)11. The minimum atomic E-state index is -6.33. The minimum Gasteiger partial charge on any atom is -0.211 e. The molecule has 0 aliphatic heterocycles. The number of aliphatic imine (C=N–C) groups is 1. The van der Waals surface area contributed by atoms with E-state index in [0.717, 1.165) is 4.99 Å². The zero-order valence-corrected chi connectivity index (χ0v) is 5.50. The van der Waals surface area contributed by atoms with Crippen LogP contribution in [-0.4, -0.2) is 24.2 Å². The van der Waals surface area contributed by atoms with Gasteiger partial charge in [0.2, 0.25) is 6.08 Å². The zero-order valence-electron chi connectivity index (χ0n) is 5.50. The van der Waals surface area contributed by atoms with Crippen molar-refractivity contribution in [1.82, 2.24) is 0 Å². The Morgan fingerprint density at radius 1 is 0.846 bits per heavy atom. The van der Waals surface area contributed by atoms with E-state index in [-0.39, 0.29) is 6.08 Å². The Bertz CT molecular complexity index is 220. The van der Waals surface area contributed by atoms with Gasteiger partial charge in [-0.2, -0.15) is 30.7 Å². The molecule has 0 saturated carbocycles. The van der Waals surface area contributed by atoms with Crippen molar-refractivity contribution < 1.29 is 35.5 Å². The smallest absolute Gasteiger partial charge is 0.211 e. The number of hydrogen-bond donors (Lipinski definition) is 0. The number of rotatable bonds is 1. The van der Waals surface area contributed by atoms with Crippen LogP contribution >= 0.6 is 0 Å². The maximum atomic E-state index is 12.1. The predicted molar refractivity (Wildman–Crippen MR) is 24.1 cm³/mol. The van der Waals surface area contributed by atoms with E-state index in [9.17, 15) is 35.5 Å². The van der Waals surface area contributed by atoms with Crippen molar-refractivity contribution in [1.29, 1.82) is 0 Å². The van der Waals surface area contributed by atoms with Gasteiger partial charge in [0.25, 0.3) is 0 Å². The third-order valence-corrected chi connectivity index (χ3v) is 0.951. The summed E-state index contributed by atoms with van der Waals surface area (Å²) in [5, 5.41) is 0. The largest absolute Gasteiger partial charge is 0.454 e. The second-order valence-electron chi connectivity index (χ2n) is 1.82. The van der Waals surface area contributed by atoms with Crippen molar-refractivity contribution in [2.24, 2.45) is 4.99 Å².